The maximum Gasteiger partial charge on any atom is 0.336 e. The lowest BCUT2D eigenvalue weighted by Gasteiger charge is -2.13. The zero-order valence-electron chi connectivity index (χ0n) is 12.4. The largest absolute Gasteiger partial charge is 0.478 e. The van der Waals surface area contributed by atoms with Gasteiger partial charge in [-0.3, -0.25) is 0 Å². The molecular formula is C14H21NO5S. The van der Waals surface area contributed by atoms with Crippen LogP contribution in [0.3, 0.4) is 0 Å². The molecule has 0 amide bonds. The standard InChI is InChI=1S/C14H21NO5S/c1-4-11-5-6-12(7-13(11)14(16)17)21(18,19)15-8-10(2)9-20-3/h5-7,10,15H,4,8-9H2,1-3H3,(H,16,17). The molecule has 0 radical (unpaired) electrons. The molecule has 2 N–H and O–H groups in total. The average Bonchev–Trinajstić information content (AvgIpc) is 2.44. The molecule has 1 aromatic rings. The Bertz CT molecular complexity index is 597. The number of hydrogen-bond acceptors (Lipinski definition) is 4. The average molecular weight is 315 g/mol. The number of carboxylic acids is 1. The van der Waals surface area contributed by atoms with Gasteiger partial charge in [0.1, 0.15) is 0 Å². The summed E-state index contributed by atoms with van der Waals surface area (Å²) in [5.41, 5.74) is 0.625. The van der Waals surface area contributed by atoms with Crippen molar-refractivity contribution in [3.63, 3.8) is 0 Å². The highest BCUT2D eigenvalue weighted by Crippen LogP contribution is 2.17. The molecule has 0 fully saturated rings. The first-order chi connectivity index (χ1) is 9.81. The summed E-state index contributed by atoms with van der Waals surface area (Å²) in [5, 5.41) is 9.14. The minimum absolute atomic E-state index is 0.0188. The van der Waals surface area contributed by atoms with E-state index in [4.69, 9.17) is 9.84 Å². The summed E-state index contributed by atoms with van der Waals surface area (Å²) in [6, 6.07) is 4.16. The number of ether oxygens (including phenoxy) is 1. The predicted molar refractivity (Wildman–Crippen MR) is 79.0 cm³/mol. The van der Waals surface area contributed by atoms with Crippen molar-refractivity contribution < 1.29 is 23.1 Å². The Balaban J connectivity index is 2.98. The van der Waals surface area contributed by atoms with E-state index in [0.29, 0.717) is 18.6 Å². The second kappa shape index (κ2) is 7.53. The maximum atomic E-state index is 12.2. The zero-order valence-corrected chi connectivity index (χ0v) is 13.2. The van der Waals surface area contributed by atoms with Gasteiger partial charge >= 0.3 is 5.97 Å². The summed E-state index contributed by atoms with van der Waals surface area (Å²) >= 11 is 0. The number of nitrogens with one attached hydrogen (secondary N) is 1. The van der Waals surface area contributed by atoms with Gasteiger partial charge in [0.2, 0.25) is 10.0 Å². The molecule has 7 heteroatoms. The van der Waals surface area contributed by atoms with Crippen molar-refractivity contribution in [3.8, 4) is 0 Å². The first-order valence-electron chi connectivity index (χ1n) is 6.66. The molecule has 0 saturated heterocycles. The lowest BCUT2D eigenvalue weighted by atomic mass is 10.1. The Morgan fingerprint density at radius 3 is 2.62 bits per heavy atom. The topological polar surface area (TPSA) is 92.7 Å². The number of benzene rings is 1. The molecule has 1 rings (SSSR count). The minimum atomic E-state index is -3.72. The van der Waals surface area contributed by atoms with Crippen molar-refractivity contribution >= 4 is 16.0 Å². The summed E-state index contributed by atoms with van der Waals surface area (Å²) in [6.07, 6.45) is 0.528. The van der Waals surface area contributed by atoms with E-state index in [1.165, 1.54) is 18.2 Å². The molecule has 21 heavy (non-hydrogen) atoms. The minimum Gasteiger partial charge on any atom is -0.478 e. The van der Waals surface area contributed by atoms with Crippen LogP contribution in [-0.2, 0) is 21.2 Å². The van der Waals surface area contributed by atoms with Gasteiger partial charge in [0.05, 0.1) is 10.5 Å². The first kappa shape index (κ1) is 17.6. The lowest BCUT2D eigenvalue weighted by molar-refractivity contribution is 0.0695. The number of aromatic carboxylic acids is 1. The Kier molecular flexibility index (Phi) is 6.32. The Labute approximate surface area is 125 Å². The third kappa shape index (κ3) is 4.80. The SMILES string of the molecule is CCc1ccc(S(=O)(=O)NCC(C)COC)cc1C(=O)O. The number of carbonyl (C=O) groups is 1. The zero-order chi connectivity index (χ0) is 16.0. The quantitative estimate of drug-likeness (QED) is 0.758. The van der Waals surface area contributed by atoms with E-state index in [1.54, 1.807) is 7.11 Å². The van der Waals surface area contributed by atoms with Gasteiger partial charge in [0, 0.05) is 20.3 Å². The number of methoxy groups -OCH3 is 1. The van der Waals surface area contributed by atoms with E-state index < -0.39 is 16.0 Å². The summed E-state index contributed by atoms with van der Waals surface area (Å²) in [7, 11) is -2.17. The van der Waals surface area contributed by atoms with Gasteiger partial charge in [-0.15, -0.1) is 0 Å². The molecule has 0 saturated carbocycles. The summed E-state index contributed by atoms with van der Waals surface area (Å²) < 4.78 is 31.7. The second-order valence-electron chi connectivity index (χ2n) is 4.89. The van der Waals surface area contributed by atoms with Gasteiger partial charge in [0.15, 0.2) is 0 Å². The summed E-state index contributed by atoms with van der Waals surface area (Å²) in [6.45, 7) is 4.35. The van der Waals surface area contributed by atoms with E-state index in [9.17, 15) is 13.2 Å². The fourth-order valence-electron chi connectivity index (χ4n) is 1.91. The van der Waals surface area contributed by atoms with Crippen LogP contribution in [0.15, 0.2) is 23.1 Å². The molecule has 0 aliphatic carbocycles. The van der Waals surface area contributed by atoms with Crippen LogP contribution in [0.25, 0.3) is 0 Å². The van der Waals surface area contributed by atoms with Gasteiger partial charge < -0.3 is 9.84 Å². The highest BCUT2D eigenvalue weighted by molar-refractivity contribution is 7.89. The number of hydrogen-bond donors (Lipinski definition) is 2. The predicted octanol–water partition coefficient (Wildman–Crippen LogP) is 1.51. The monoisotopic (exact) mass is 315 g/mol. The van der Waals surface area contributed by atoms with Gasteiger partial charge in [-0.05, 0) is 30.0 Å². The highest BCUT2D eigenvalue weighted by atomic mass is 32.2. The van der Waals surface area contributed by atoms with Crippen molar-refractivity contribution in [2.75, 3.05) is 20.3 Å². The third-order valence-corrected chi connectivity index (χ3v) is 4.50. The lowest BCUT2D eigenvalue weighted by Crippen LogP contribution is -2.30. The van der Waals surface area contributed by atoms with Crippen molar-refractivity contribution in [1.29, 1.82) is 0 Å². The van der Waals surface area contributed by atoms with Crippen molar-refractivity contribution in [2.45, 2.75) is 25.2 Å². The van der Waals surface area contributed by atoms with Crippen molar-refractivity contribution in [3.05, 3.63) is 29.3 Å². The molecule has 1 atom stereocenters. The maximum absolute atomic E-state index is 12.2. The smallest absolute Gasteiger partial charge is 0.336 e. The van der Waals surface area contributed by atoms with Gasteiger partial charge in [0.25, 0.3) is 0 Å². The molecule has 118 valence electrons. The fraction of sp³-hybridized carbons (Fsp3) is 0.500. The first-order valence-corrected chi connectivity index (χ1v) is 8.15. The highest BCUT2D eigenvalue weighted by Gasteiger charge is 2.19. The molecule has 0 aliphatic heterocycles. The van der Waals surface area contributed by atoms with E-state index in [0.717, 1.165) is 0 Å². The van der Waals surface area contributed by atoms with Crippen LogP contribution in [0.5, 0.6) is 0 Å². The molecule has 1 aromatic carbocycles. The van der Waals surface area contributed by atoms with Crippen LogP contribution < -0.4 is 4.72 Å². The molecule has 0 heterocycles. The second-order valence-corrected chi connectivity index (χ2v) is 6.66. The van der Waals surface area contributed by atoms with Crippen molar-refractivity contribution in [2.24, 2.45) is 5.92 Å². The molecule has 1 unspecified atom stereocenters. The van der Waals surface area contributed by atoms with Gasteiger partial charge in [-0.2, -0.15) is 0 Å². The summed E-state index contributed by atoms with van der Waals surface area (Å²) in [4.78, 5) is 11.1. The fourth-order valence-corrected chi connectivity index (χ4v) is 3.10. The molecule has 0 aliphatic rings. The Morgan fingerprint density at radius 2 is 2.10 bits per heavy atom. The number of rotatable bonds is 8. The van der Waals surface area contributed by atoms with E-state index in [-0.39, 0.29) is 22.9 Å². The van der Waals surface area contributed by atoms with Crippen LogP contribution >= 0.6 is 0 Å². The van der Waals surface area contributed by atoms with Crippen LogP contribution in [-0.4, -0.2) is 39.8 Å². The van der Waals surface area contributed by atoms with Crippen LogP contribution in [0.4, 0.5) is 0 Å². The van der Waals surface area contributed by atoms with Gasteiger partial charge in [-0.1, -0.05) is 19.9 Å². The molecule has 0 bridgehead atoms. The van der Waals surface area contributed by atoms with Crippen LogP contribution in [0.2, 0.25) is 0 Å². The van der Waals surface area contributed by atoms with Gasteiger partial charge in [-0.25, -0.2) is 17.9 Å². The van der Waals surface area contributed by atoms with E-state index >= 15 is 0 Å². The molecule has 6 nitrogen and oxygen atoms in total. The third-order valence-electron chi connectivity index (χ3n) is 3.08. The Morgan fingerprint density at radius 1 is 1.43 bits per heavy atom. The number of aryl methyl sites for hydroxylation is 1. The van der Waals surface area contributed by atoms with Crippen molar-refractivity contribution in [1.82, 2.24) is 4.72 Å². The number of carboxylic acid groups (broad SMARTS) is 1. The molecule has 0 spiro atoms. The van der Waals surface area contributed by atoms with E-state index in [1.807, 2.05) is 13.8 Å². The summed E-state index contributed by atoms with van der Waals surface area (Å²) in [5.74, 6) is -1.10. The number of sulfonamides is 1. The molecular weight excluding hydrogens is 294 g/mol. The Hall–Kier alpha value is -1.44. The van der Waals surface area contributed by atoms with Crippen LogP contribution in [0, 0.1) is 5.92 Å². The van der Waals surface area contributed by atoms with E-state index in [2.05, 4.69) is 4.72 Å². The normalized spacial score (nSPS) is 13.1. The molecule has 0 aromatic heterocycles. The van der Waals surface area contributed by atoms with Crippen LogP contribution in [0.1, 0.15) is 29.8 Å².